The third-order valence-corrected chi connectivity index (χ3v) is 4.28. The smallest absolute Gasteiger partial charge is 0.313 e. The zero-order valence-corrected chi connectivity index (χ0v) is 11.7. The molecule has 1 aliphatic carbocycles. The molecule has 1 rings (SSSR count). The Bertz CT molecular complexity index is 259. The summed E-state index contributed by atoms with van der Waals surface area (Å²) in [5.41, 5.74) is 5.57. The summed E-state index contributed by atoms with van der Waals surface area (Å²) < 4.78 is 5.61. The second-order valence-electron chi connectivity index (χ2n) is 6.39. The van der Waals surface area contributed by atoms with E-state index in [1.807, 2.05) is 13.8 Å². The summed E-state index contributed by atoms with van der Waals surface area (Å²) >= 11 is 0. The van der Waals surface area contributed by atoms with Crippen molar-refractivity contribution in [1.82, 2.24) is 0 Å². The minimum Gasteiger partial charge on any atom is -0.462 e. The fourth-order valence-electron chi connectivity index (χ4n) is 2.16. The van der Waals surface area contributed by atoms with Gasteiger partial charge in [0.15, 0.2) is 0 Å². The van der Waals surface area contributed by atoms with Crippen molar-refractivity contribution in [3.63, 3.8) is 0 Å². The molecular weight excluding hydrogens is 214 g/mol. The molecule has 3 nitrogen and oxygen atoms in total. The Labute approximate surface area is 105 Å². The number of hydrogen-bond acceptors (Lipinski definition) is 3. The molecule has 1 saturated carbocycles. The van der Waals surface area contributed by atoms with Crippen molar-refractivity contribution in [2.24, 2.45) is 16.6 Å². The number of carbonyl (C=O) groups excluding carboxylic acids is 1. The monoisotopic (exact) mass is 241 g/mol. The van der Waals surface area contributed by atoms with Crippen LogP contribution in [0.3, 0.4) is 0 Å². The minimum atomic E-state index is -0.507. The summed E-state index contributed by atoms with van der Waals surface area (Å²) in [5.74, 6) is -0.118. The molecule has 0 aromatic heterocycles. The lowest BCUT2D eigenvalue weighted by molar-refractivity contribution is -0.162. The van der Waals surface area contributed by atoms with Crippen LogP contribution in [0, 0.1) is 10.8 Å². The average molecular weight is 241 g/mol. The summed E-state index contributed by atoms with van der Waals surface area (Å²) in [4.78, 5) is 12.1. The summed E-state index contributed by atoms with van der Waals surface area (Å²) in [5, 5.41) is 0. The van der Waals surface area contributed by atoms with Crippen LogP contribution in [0.2, 0.25) is 0 Å². The van der Waals surface area contributed by atoms with Crippen molar-refractivity contribution in [1.29, 1.82) is 0 Å². The van der Waals surface area contributed by atoms with Crippen LogP contribution in [0.4, 0.5) is 0 Å². The predicted molar refractivity (Wildman–Crippen MR) is 69.6 cm³/mol. The Morgan fingerprint density at radius 1 is 1.41 bits per heavy atom. The van der Waals surface area contributed by atoms with Crippen LogP contribution in [0.25, 0.3) is 0 Å². The molecule has 1 fully saturated rings. The highest BCUT2D eigenvalue weighted by Gasteiger charge is 2.35. The first-order valence-corrected chi connectivity index (χ1v) is 6.74. The van der Waals surface area contributed by atoms with E-state index in [2.05, 4.69) is 13.8 Å². The van der Waals surface area contributed by atoms with Gasteiger partial charge in [-0.25, -0.2) is 0 Å². The number of ether oxygens (including phenoxy) is 1. The maximum absolute atomic E-state index is 12.1. The highest BCUT2D eigenvalue weighted by molar-refractivity contribution is 5.76. The first-order valence-electron chi connectivity index (χ1n) is 6.74. The van der Waals surface area contributed by atoms with E-state index in [1.54, 1.807) is 0 Å². The molecule has 0 bridgehead atoms. The van der Waals surface area contributed by atoms with Crippen molar-refractivity contribution in [2.75, 3.05) is 6.54 Å². The lowest BCUT2D eigenvalue weighted by atomic mass is 9.76. The Morgan fingerprint density at radius 2 is 1.94 bits per heavy atom. The molecule has 1 aliphatic rings. The van der Waals surface area contributed by atoms with Crippen molar-refractivity contribution in [3.8, 4) is 0 Å². The van der Waals surface area contributed by atoms with Crippen LogP contribution in [-0.2, 0) is 9.53 Å². The number of hydrogen-bond donors (Lipinski definition) is 1. The zero-order valence-electron chi connectivity index (χ0n) is 11.7. The number of carbonyl (C=O) groups is 1. The van der Waals surface area contributed by atoms with Gasteiger partial charge in [0, 0.05) is 6.54 Å². The van der Waals surface area contributed by atoms with E-state index in [-0.39, 0.29) is 12.1 Å². The van der Waals surface area contributed by atoms with E-state index in [1.165, 1.54) is 0 Å². The molecular formula is C14H27NO2. The standard InChI is InChI=1S/C14H27NO2/c1-5-14(4,10-15)12(16)17-11-6-8-13(2,3)9-7-11/h11H,5-10,15H2,1-4H3. The fraction of sp³-hybridized carbons (Fsp3) is 0.929. The van der Waals surface area contributed by atoms with Crippen molar-refractivity contribution >= 4 is 5.97 Å². The Hall–Kier alpha value is -0.570. The highest BCUT2D eigenvalue weighted by atomic mass is 16.5. The third kappa shape index (κ3) is 3.70. The van der Waals surface area contributed by atoms with Gasteiger partial charge in [-0.15, -0.1) is 0 Å². The van der Waals surface area contributed by atoms with Gasteiger partial charge in [-0.2, -0.15) is 0 Å². The molecule has 17 heavy (non-hydrogen) atoms. The lowest BCUT2D eigenvalue weighted by Crippen LogP contribution is -2.39. The van der Waals surface area contributed by atoms with E-state index in [9.17, 15) is 4.79 Å². The second kappa shape index (κ2) is 5.38. The molecule has 0 aromatic rings. The summed E-state index contributed by atoms with van der Waals surface area (Å²) in [6.07, 6.45) is 5.09. The first-order chi connectivity index (χ1) is 7.83. The van der Waals surface area contributed by atoms with Crippen LogP contribution < -0.4 is 5.73 Å². The van der Waals surface area contributed by atoms with Gasteiger partial charge in [0.2, 0.25) is 0 Å². The molecule has 0 radical (unpaired) electrons. The van der Waals surface area contributed by atoms with Gasteiger partial charge >= 0.3 is 5.97 Å². The van der Waals surface area contributed by atoms with E-state index < -0.39 is 5.41 Å². The van der Waals surface area contributed by atoms with E-state index in [4.69, 9.17) is 10.5 Å². The van der Waals surface area contributed by atoms with Crippen LogP contribution >= 0.6 is 0 Å². The van der Waals surface area contributed by atoms with Crippen LogP contribution in [0.5, 0.6) is 0 Å². The topological polar surface area (TPSA) is 52.3 Å². The van der Waals surface area contributed by atoms with Gasteiger partial charge in [0.1, 0.15) is 6.10 Å². The van der Waals surface area contributed by atoms with E-state index >= 15 is 0 Å². The molecule has 0 heterocycles. The van der Waals surface area contributed by atoms with E-state index in [0.29, 0.717) is 12.0 Å². The zero-order chi connectivity index (χ0) is 13.1. The molecule has 100 valence electrons. The third-order valence-electron chi connectivity index (χ3n) is 4.28. The molecule has 0 spiro atoms. The quantitative estimate of drug-likeness (QED) is 0.770. The maximum Gasteiger partial charge on any atom is 0.313 e. The Kier molecular flexibility index (Phi) is 4.59. The molecule has 1 unspecified atom stereocenters. The van der Waals surface area contributed by atoms with Crippen molar-refractivity contribution < 1.29 is 9.53 Å². The fourth-order valence-corrected chi connectivity index (χ4v) is 2.16. The first kappa shape index (κ1) is 14.5. The van der Waals surface area contributed by atoms with Gasteiger partial charge < -0.3 is 10.5 Å². The number of nitrogens with two attached hydrogens (primary N) is 1. The number of esters is 1. The number of rotatable bonds is 4. The van der Waals surface area contributed by atoms with Gasteiger partial charge in [-0.1, -0.05) is 20.8 Å². The molecule has 0 aliphatic heterocycles. The average Bonchev–Trinajstić information content (AvgIpc) is 2.30. The Balaban J connectivity index is 2.48. The molecule has 2 N–H and O–H groups in total. The summed E-state index contributed by atoms with van der Waals surface area (Å²) in [6, 6.07) is 0. The van der Waals surface area contributed by atoms with Crippen molar-refractivity contribution in [3.05, 3.63) is 0 Å². The van der Waals surface area contributed by atoms with E-state index in [0.717, 1.165) is 32.1 Å². The van der Waals surface area contributed by atoms with Gasteiger partial charge in [-0.3, -0.25) is 4.79 Å². The predicted octanol–water partition coefficient (Wildman–Crippen LogP) is 2.87. The molecule has 3 heteroatoms. The Morgan fingerprint density at radius 3 is 2.35 bits per heavy atom. The van der Waals surface area contributed by atoms with Gasteiger partial charge in [0.05, 0.1) is 5.41 Å². The highest BCUT2D eigenvalue weighted by Crippen LogP contribution is 2.37. The summed E-state index contributed by atoms with van der Waals surface area (Å²) in [6.45, 7) is 8.79. The van der Waals surface area contributed by atoms with Crippen LogP contribution in [0.15, 0.2) is 0 Å². The van der Waals surface area contributed by atoms with Crippen LogP contribution in [0.1, 0.15) is 59.8 Å². The molecule has 0 saturated heterocycles. The second-order valence-corrected chi connectivity index (χ2v) is 6.39. The molecule has 1 atom stereocenters. The van der Waals surface area contributed by atoms with Gasteiger partial charge in [-0.05, 0) is 44.4 Å². The largest absolute Gasteiger partial charge is 0.462 e. The lowest BCUT2D eigenvalue weighted by Gasteiger charge is -2.35. The summed E-state index contributed by atoms with van der Waals surface area (Å²) in [7, 11) is 0. The normalized spacial score (nSPS) is 24.1. The maximum atomic E-state index is 12.1. The van der Waals surface area contributed by atoms with Gasteiger partial charge in [0.25, 0.3) is 0 Å². The van der Waals surface area contributed by atoms with Crippen LogP contribution in [-0.4, -0.2) is 18.6 Å². The SMILES string of the molecule is CCC(C)(CN)C(=O)OC1CCC(C)(C)CC1. The minimum absolute atomic E-state index is 0.105. The molecule has 0 amide bonds. The molecule has 0 aromatic carbocycles. The van der Waals surface area contributed by atoms with Crippen molar-refractivity contribution in [2.45, 2.75) is 65.9 Å².